The van der Waals surface area contributed by atoms with E-state index in [-0.39, 0.29) is 6.42 Å². The number of benzene rings is 3. The van der Waals surface area contributed by atoms with E-state index in [1.165, 1.54) is 0 Å². The largest absolute Gasteiger partial charge is 0.489 e. The Bertz CT molecular complexity index is 899. The summed E-state index contributed by atoms with van der Waals surface area (Å²) in [5.41, 5.74) is 4.14. The van der Waals surface area contributed by atoms with Crippen LogP contribution < -0.4 is 4.74 Å². The van der Waals surface area contributed by atoms with Crippen molar-refractivity contribution in [3.8, 4) is 5.75 Å². The summed E-state index contributed by atoms with van der Waals surface area (Å²) in [5.74, 6) is -0.00461. The van der Waals surface area contributed by atoms with E-state index in [1.54, 1.807) is 0 Å². The maximum atomic E-state index is 11.0. The minimum absolute atomic E-state index is 0.102. The van der Waals surface area contributed by atoms with Gasteiger partial charge in [0.05, 0.1) is 0 Å². The zero-order valence-corrected chi connectivity index (χ0v) is 15.0. The molecule has 0 aromatic heterocycles. The number of aliphatic carboxylic acids is 1. The fourth-order valence-corrected chi connectivity index (χ4v) is 2.83. The normalized spacial score (nSPS) is 11.2. The summed E-state index contributed by atoms with van der Waals surface area (Å²) in [5, 5.41) is 9.05. The quantitative estimate of drug-likeness (QED) is 0.528. The third-order valence-corrected chi connectivity index (χ3v) is 4.20. The molecular formula is C24H22O3. The van der Waals surface area contributed by atoms with Crippen molar-refractivity contribution in [3.63, 3.8) is 0 Å². The third-order valence-electron chi connectivity index (χ3n) is 4.20. The van der Waals surface area contributed by atoms with Crippen molar-refractivity contribution in [2.45, 2.75) is 19.4 Å². The Morgan fingerprint density at radius 3 is 2.26 bits per heavy atom. The van der Waals surface area contributed by atoms with Gasteiger partial charge in [-0.05, 0) is 40.8 Å². The van der Waals surface area contributed by atoms with E-state index in [0.29, 0.717) is 13.0 Å². The van der Waals surface area contributed by atoms with Gasteiger partial charge < -0.3 is 9.84 Å². The molecule has 3 aromatic carbocycles. The summed E-state index contributed by atoms with van der Waals surface area (Å²) in [4.78, 5) is 11.0. The lowest BCUT2D eigenvalue weighted by molar-refractivity contribution is -0.136. The Hall–Kier alpha value is -3.33. The summed E-state index contributed by atoms with van der Waals surface area (Å²) in [7, 11) is 0. The standard InChI is InChI=1S/C24H22O3/c25-24(26)15-14-22(21-11-5-2-6-12-21)16-20-10-7-13-23(17-20)27-18-19-8-3-1-4-9-19/h1-13,16-17H,14-15,18H2,(H,25,26). The van der Waals surface area contributed by atoms with E-state index in [0.717, 1.165) is 28.0 Å². The molecule has 0 aliphatic rings. The van der Waals surface area contributed by atoms with Gasteiger partial charge >= 0.3 is 5.97 Å². The number of carboxylic acids is 1. The van der Waals surface area contributed by atoms with Crippen molar-refractivity contribution in [1.29, 1.82) is 0 Å². The summed E-state index contributed by atoms with van der Waals surface area (Å²) in [6, 6.07) is 27.8. The van der Waals surface area contributed by atoms with Crippen molar-refractivity contribution in [1.82, 2.24) is 0 Å². The molecule has 0 atom stereocenters. The molecule has 0 saturated heterocycles. The fourth-order valence-electron chi connectivity index (χ4n) is 2.83. The number of allylic oxidation sites excluding steroid dienone is 1. The molecular weight excluding hydrogens is 336 g/mol. The third kappa shape index (κ3) is 5.86. The molecule has 0 unspecified atom stereocenters. The molecule has 27 heavy (non-hydrogen) atoms. The van der Waals surface area contributed by atoms with Crippen molar-refractivity contribution >= 4 is 17.6 Å². The zero-order valence-electron chi connectivity index (χ0n) is 15.0. The van der Waals surface area contributed by atoms with Crippen LogP contribution in [0.4, 0.5) is 0 Å². The molecule has 3 nitrogen and oxygen atoms in total. The smallest absolute Gasteiger partial charge is 0.303 e. The van der Waals surface area contributed by atoms with Gasteiger partial charge in [-0.15, -0.1) is 0 Å². The van der Waals surface area contributed by atoms with E-state index < -0.39 is 5.97 Å². The van der Waals surface area contributed by atoms with Crippen molar-refractivity contribution in [2.75, 3.05) is 0 Å². The first-order valence-corrected chi connectivity index (χ1v) is 8.95. The highest BCUT2D eigenvalue weighted by Crippen LogP contribution is 2.25. The van der Waals surface area contributed by atoms with Crippen LogP contribution in [0.2, 0.25) is 0 Å². The topological polar surface area (TPSA) is 46.5 Å². The van der Waals surface area contributed by atoms with E-state index in [2.05, 4.69) is 0 Å². The van der Waals surface area contributed by atoms with Gasteiger partial charge in [0.1, 0.15) is 12.4 Å². The SMILES string of the molecule is O=C(O)CCC(=Cc1cccc(OCc2ccccc2)c1)c1ccccc1. The number of hydrogen-bond donors (Lipinski definition) is 1. The maximum absolute atomic E-state index is 11.0. The van der Waals surface area contributed by atoms with E-state index in [1.807, 2.05) is 91.0 Å². The Balaban J connectivity index is 1.79. The van der Waals surface area contributed by atoms with Gasteiger partial charge in [0, 0.05) is 6.42 Å². The predicted molar refractivity (Wildman–Crippen MR) is 108 cm³/mol. The first kappa shape index (κ1) is 18.5. The Labute approximate surface area is 159 Å². The number of ether oxygens (including phenoxy) is 1. The molecule has 3 aromatic rings. The first-order valence-electron chi connectivity index (χ1n) is 8.95. The van der Waals surface area contributed by atoms with Gasteiger partial charge in [0.25, 0.3) is 0 Å². The van der Waals surface area contributed by atoms with Gasteiger partial charge in [0.15, 0.2) is 0 Å². The maximum Gasteiger partial charge on any atom is 0.303 e. The van der Waals surface area contributed by atoms with E-state index in [4.69, 9.17) is 9.84 Å². The van der Waals surface area contributed by atoms with Crippen LogP contribution >= 0.6 is 0 Å². The number of carboxylic acid groups (broad SMARTS) is 1. The fraction of sp³-hybridized carbons (Fsp3) is 0.125. The molecule has 0 aliphatic carbocycles. The molecule has 3 rings (SSSR count). The molecule has 0 bridgehead atoms. The van der Waals surface area contributed by atoms with Crippen LogP contribution in [-0.4, -0.2) is 11.1 Å². The van der Waals surface area contributed by atoms with Gasteiger partial charge in [0.2, 0.25) is 0 Å². The lowest BCUT2D eigenvalue weighted by atomic mass is 9.98. The van der Waals surface area contributed by atoms with Gasteiger partial charge in [-0.3, -0.25) is 4.79 Å². The molecule has 0 radical (unpaired) electrons. The van der Waals surface area contributed by atoms with Crippen LogP contribution in [0.15, 0.2) is 84.9 Å². The van der Waals surface area contributed by atoms with Crippen LogP contribution in [0.25, 0.3) is 11.6 Å². The van der Waals surface area contributed by atoms with Gasteiger partial charge in [-0.1, -0.05) is 78.9 Å². The summed E-state index contributed by atoms with van der Waals surface area (Å²) in [6.07, 6.45) is 2.62. The molecule has 0 heterocycles. The summed E-state index contributed by atoms with van der Waals surface area (Å²) >= 11 is 0. The minimum atomic E-state index is -0.795. The number of rotatable bonds is 8. The van der Waals surface area contributed by atoms with Crippen molar-refractivity contribution in [3.05, 3.63) is 102 Å². The molecule has 136 valence electrons. The Morgan fingerprint density at radius 1 is 0.852 bits per heavy atom. The van der Waals surface area contributed by atoms with Crippen molar-refractivity contribution < 1.29 is 14.6 Å². The molecule has 0 fully saturated rings. The summed E-state index contributed by atoms with van der Waals surface area (Å²) in [6.45, 7) is 0.512. The van der Waals surface area contributed by atoms with Crippen LogP contribution in [0.5, 0.6) is 5.75 Å². The first-order chi connectivity index (χ1) is 13.2. The molecule has 0 aliphatic heterocycles. The van der Waals surface area contributed by atoms with Gasteiger partial charge in [-0.25, -0.2) is 0 Å². The highest BCUT2D eigenvalue weighted by molar-refractivity contribution is 5.83. The molecule has 0 spiro atoms. The second-order valence-corrected chi connectivity index (χ2v) is 6.28. The molecule has 3 heteroatoms. The Kier molecular flexibility index (Phi) is 6.42. The highest BCUT2D eigenvalue weighted by atomic mass is 16.5. The van der Waals surface area contributed by atoms with E-state index >= 15 is 0 Å². The monoisotopic (exact) mass is 358 g/mol. The second-order valence-electron chi connectivity index (χ2n) is 6.28. The molecule has 1 N–H and O–H groups in total. The number of hydrogen-bond acceptors (Lipinski definition) is 2. The van der Waals surface area contributed by atoms with Crippen LogP contribution in [-0.2, 0) is 11.4 Å². The van der Waals surface area contributed by atoms with Gasteiger partial charge in [-0.2, -0.15) is 0 Å². The molecule has 0 amide bonds. The van der Waals surface area contributed by atoms with E-state index in [9.17, 15) is 4.79 Å². The summed E-state index contributed by atoms with van der Waals surface area (Å²) < 4.78 is 5.89. The minimum Gasteiger partial charge on any atom is -0.489 e. The zero-order chi connectivity index (χ0) is 18.9. The average Bonchev–Trinajstić information content (AvgIpc) is 2.71. The lowest BCUT2D eigenvalue weighted by Gasteiger charge is -2.09. The van der Waals surface area contributed by atoms with Crippen LogP contribution in [0, 0.1) is 0 Å². The van der Waals surface area contributed by atoms with Crippen LogP contribution in [0.3, 0.4) is 0 Å². The molecule has 0 saturated carbocycles. The van der Waals surface area contributed by atoms with Crippen LogP contribution in [0.1, 0.15) is 29.5 Å². The van der Waals surface area contributed by atoms with Crippen molar-refractivity contribution in [2.24, 2.45) is 0 Å². The Morgan fingerprint density at radius 2 is 1.56 bits per heavy atom. The second kappa shape index (κ2) is 9.39. The average molecular weight is 358 g/mol. The number of carbonyl (C=O) groups is 1. The highest BCUT2D eigenvalue weighted by Gasteiger charge is 2.06. The lowest BCUT2D eigenvalue weighted by Crippen LogP contribution is -1.96. The predicted octanol–water partition coefficient (Wildman–Crippen LogP) is 5.67.